The molecule has 9 heteroatoms. The third-order valence-electron chi connectivity index (χ3n) is 7.02. The number of imide groups is 1. The van der Waals surface area contributed by atoms with Crippen LogP contribution in [0.15, 0.2) is 66.7 Å². The number of rotatable bonds is 4. The monoisotopic (exact) mass is 569 g/mol. The lowest BCUT2D eigenvalue weighted by Crippen LogP contribution is -2.45. The van der Waals surface area contributed by atoms with Crippen LogP contribution in [0.1, 0.15) is 54.7 Å². The highest BCUT2D eigenvalue weighted by atomic mass is 35.5. The molecular formula is C30H27Cl2F2N3O2. The minimum Gasteiger partial charge on any atom is -0.315 e. The van der Waals surface area contributed by atoms with E-state index in [0.717, 1.165) is 6.07 Å². The molecule has 0 aliphatic carbocycles. The zero-order valence-electron chi connectivity index (χ0n) is 21.6. The first-order valence-corrected chi connectivity index (χ1v) is 13.1. The number of hydrogen-bond donors (Lipinski definition) is 1. The molecule has 1 aliphatic rings. The van der Waals surface area contributed by atoms with Crippen molar-refractivity contribution in [1.29, 1.82) is 5.26 Å². The molecule has 1 saturated heterocycles. The molecule has 1 N–H and O–H groups in total. The van der Waals surface area contributed by atoms with Crippen molar-refractivity contribution < 1.29 is 18.4 Å². The molecule has 4 rings (SSSR count). The number of likely N-dealkylation sites (tertiary alicyclic amines) is 1. The minimum atomic E-state index is -1.74. The smallest absolute Gasteiger partial charge is 0.315 e. The second kappa shape index (κ2) is 11.0. The zero-order chi connectivity index (χ0) is 28.5. The van der Waals surface area contributed by atoms with Gasteiger partial charge in [-0.3, -0.25) is 10.1 Å². The minimum absolute atomic E-state index is 0.0160. The lowest BCUT2D eigenvalue weighted by Gasteiger charge is -2.38. The van der Waals surface area contributed by atoms with Crippen molar-refractivity contribution in [2.75, 3.05) is 6.54 Å². The van der Waals surface area contributed by atoms with Gasteiger partial charge < -0.3 is 4.90 Å². The van der Waals surface area contributed by atoms with E-state index in [-0.39, 0.29) is 38.7 Å². The van der Waals surface area contributed by atoms with E-state index in [4.69, 9.17) is 23.2 Å². The van der Waals surface area contributed by atoms with Gasteiger partial charge in [0.05, 0.1) is 17.1 Å². The first-order valence-electron chi connectivity index (χ1n) is 12.4. The van der Waals surface area contributed by atoms with Crippen LogP contribution in [0.4, 0.5) is 13.6 Å². The van der Waals surface area contributed by atoms with Crippen molar-refractivity contribution in [3.05, 3.63) is 105 Å². The number of nitrogens with zero attached hydrogens (tertiary/aromatic N) is 2. The SMILES string of the molecule is CC(C)(C)C[C@@H]1CN(C(=O)NC(=O)c2ccccc2)[C@H](c2cccc(Cl)c2F)[C@@]1(C#N)c1ccc(Cl)cc1F. The first kappa shape index (κ1) is 28.5. The molecule has 3 atom stereocenters. The molecular weight excluding hydrogens is 543 g/mol. The van der Waals surface area contributed by atoms with Gasteiger partial charge in [0.15, 0.2) is 0 Å². The van der Waals surface area contributed by atoms with E-state index in [1.807, 2.05) is 20.8 Å². The lowest BCUT2D eigenvalue weighted by atomic mass is 9.63. The van der Waals surface area contributed by atoms with Crippen LogP contribution in [-0.4, -0.2) is 23.4 Å². The molecule has 39 heavy (non-hydrogen) atoms. The van der Waals surface area contributed by atoms with Crippen LogP contribution in [0.25, 0.3) is 0 Å². The summed E-state index contributed by atoms with van der Waals surface area (Å²) in [7, 11) is 0. The summed E-state index contributed by atoms with van der Waals surface area (Å²) in [5.41, 5.74) is -1.91. The highest BCUT2D eigenvalue weighted by molar-refractivity contribution is 6.31. The van der Waals surface area contributed by atoms with E-state index in [0.29, 0.717) is 6.42 Å². The molecule has 0 saturated carbocycles. The van der Waals surface area contributed by atoms with Crippen LogP contribution in [0, 0.1) is 34.3 Å². The lowest BCUT2D eigenvalue weighted by molar-refractivity contribution is 0.0947. The van der Waals surface area contributed by atoms with Gasteiger partial charge in [0.2, 0.25) is 0 Å². The van der Waals surface area contributed by atoms with Crippen molar-refractivity contribution in [3.8, 4) is 6.07 Å². The van der Waals surface area contributed by atoms with Gasteiger partial charge in [-0.15, -0.1) is 0 Å². The van der Waals surface area contributed by atoms with Crippen LogP contribution < -0.4 is 5.32 Å². The molecule has 1 aliphatic heterocycles. The predicted molar refractivity (Wildman–Crippen MR) is 146 cm³/mol. The summed E-state index contributed by atoms with van der Waals surface area (Å²) in [6.45, 7) is 5.84. The quantitative estimate of drug-likeness (QED) is 0.350. The Balaban J connectivity index is 1.94. The second-order valence-electron chi connectivity index (χ2n) is 10.9. The van der Waals surface area contributed by atoms with Gasteiger partial charge >= 0.3 is 6.03 Å². The number of urea groups is 1. The fourth-order valence-corrected chi connectivity index (χ4v) is 5.84. The van der Waals surface area contributed by atoms with Gasteiger partial charge in [0, 0.05) is 34.2 Å². The Hall–Kier alpha value is -3.47. The molecule has 5 nitrogen and oxygen atoms in total. The largest absolute Gasteiger partial charge is 0.324 e. The van der Waals surface area contributed by atoms with Crippen molar-refractivity contribution in [2.45, 2.75) is 38.6 Å². The number of hydrogen-bond acceptors (Lipinski definition) is 3. The van der Waals surface area contributed by atoms with Gasteiger partial charge in [0.25, 0.3) is 5.91 Å². The standard InChI is InChI=1S/C30H27Cl2F2N3O2/c1-29(2,3)15-19-16-37(28(39)36-27(38)18-8-5-4-6-9-18)26(21-10-7-11-23(32)25(21)34)30(19,17-35)22-13-12-20(31)14-24(22)33/h4-14,19,26H,15-16H2,1-3H3,(H,36,38,39)/t19-,26-,30-/m1/s1. The van der Waals surface area contributed by atoms with Gasteiger partial charge in [-0.25, -0.2) is 13.6 Å². The average Bonchev–Trinajstić information content (AvgIpc) is 3.19. The van der Waals surface area contributed by atoms with E-state index in [1.54, 1.807) is 30.3 Å². The number of benzene rings is 3. The van der Waals surface area contributed by atoms with Crippen LogP contribution in [0.3, 0.4) is 0 Å². The summed E-state index contributed by atoms with van der Waals surface area (Å²) in [5, 5.41) is 13.1. The molecule has 1 heterocycles. The molecule has 202 valence electrons. The topological polar surface area (TPSA) is 73.2 Å². The summed E-state index contributed by atoms with van der Waals surface area (Å²) in [6.07, 6.45) is 0.387. The van der Waals surface area contributed by atoms with Gasteiger partial charge in [-0.1, -0.05) is 80.4 Å². The number of nitriles is 1. The van der Waals surface area contributed by atoms with Crippen molar-refractivity contribution in [2.24, 2.45) is 11.3 Å². The van der Waals surface area contributed by atoms with E-state index in [9.17, 15) is 14.9 Å². The summed E-state index contributed by atoms with van der Waals surface area (Å²) in [5.74, 6) is -2.88. The third kappa shape index (κ3) is 5.50. The molecule has 0 aromatic heterocycles. The highest BCUT2D eigenvalue weighted by Crippen LogP contribution is 2.56. The number of halogens is 4. The van der Waals surface area contributed by atoms with E-state index in [1.165, 1.54) is 35.2 Å². The fourth-order valence-electron chi connectivity index (χ4n) is 5.50. The Morgan fingerprint density at radius 1 is 1.08 bits per heavy atom. The van der Waals surface area contributed by atoms with Crippen LogP contribution in [-0.2, 0) is 5.41 Å². The molecule has 0 spiro atoms. The van der Waals surface area contributed by atoms with Crippen LogP contribution in [0.5, 0.6) is 0 Å². The number of amides is 3. The Kier molecular flexibility index (Phi) is 8.02. The number of carbonyl (C=O) groups excluding carboxylic acids is 2. The van der Waals surface area contributed by atoms with Gasteiger partial charge in [-0.2, -0.15) is 5.26 Å². The Morgan fingerprint density at radius 2 is 1.77 bits per heavy atom. The summed E-state index contributed by atoms with van der Waals surface area (Å²) >= 11 is 12.2. The normalized spacial score (nSPS) is 20.9. The predicted octanol–water partition coefficient (Wildman–Crippen LogP) is 7.69. The highest BCUT2D eigenvalue weighted by Gasteiger charge is 2.60. The van der Waals surface area contributed by atoms with Gasteiger partial charge in [0.1, 0.15) is 17.0 Å². The maximum atomic E-state index is 15.7. The second-order valence-corrected chi connectivity index (χ2v) is 11.7. The van der Waals surface area contributed by atoms with Crippen molar-refractivity contribution >= 4 is 35.1 Å². The molecule has 0 bridgehead atoms. The molecule has 3 aromatic rings. The summed E-state index contributed by atoms with van der Waals surface area (Å²) in [6, 6.07) is 16.5. The summed E-state index contributed by atoms with van der Waals surface area (Å²) < 4.78 is 31.3. The zero-order valence-corrected chi connectivity index (χ0v) is 23.2. The van der Waals surface area contributed by atoms with Crippen molar-refractivity contribution in [1.82, 2.24) is 10.2 Å². The molecule has 1 fully saturated rings. The maximum absolute atomic E-state index is 15.7. The van der Waals surface area contributed by atoms with Gasteiger partial charge in [-0.05, 0) is 42.2 Å². The van der Waals surface area contributed by atoms with Crippen LogP contribution in [0.2, 0.25) is 10.0 Å². The molecule has 3 aromatic carbocycles. The maximum Gasteiger partial charge on any atom is 0.324 e. The first-order chi connectivity index (χ1) is 18.4. The van der Waals surface area contributed by atoms with E-state index < -0.39 is 40.9 Å². The molecule has 0 radical (unpaired) electrons. The Bertz CT molecular complexity index is 1450. The number of nitrogens with one attached hydrogen (secondary N) is 1. The van der Waals surface area contributed by atoms with E-state index >= 15 is 8.78 Å². The Labute approximate surface area is 236 Å². The van der Waals surface area contributed by atoms with Crippen molar-refractivity contribution in [3.63, 3.8) is 0 Å². The molecule has 3 amide bonds. The van der Waals surface area contributed by atoms with Crippen LogP contribution >= 0.6 is 23.2 Å². The third-order valence-corrected chi connectivity index (χ3v) is 7.54. The average molecular weight is 570 g/mol. The van der Waals surface area contributed by atoms with E-state index in [2.05, 4.69) is 11.4 Å². The fraction of sp³-hybridized carbons (Fsp3) is 0.300. The Morgan fingerprint density at radius 3 is 2.38 bits per heavy atom. The number of carbonyl (C=O) groups is 2. The molecule has 0 unspecified atom stereocenters. The summed E-state index contributed by atoms with van der Waals surface area (Å²) in [4.78, 5) is 27.8.